The molecule has 21 heavy (non-hydrogen) atoms. The lowest BCUT2D eigenvalue weighted by Crippen LogP contribution is -2.13. The Morgan fingerprint density at radius 1 is 1.14 bits per heavy atom. The molecule has 0 aliphatic carbocycles. The van der Waals surface area contributed by atoms with Crippen LogP contribution in [-0.4, -0.2) is 9.97 Å². The summed E-state index contributed by atoms with van der Waals surface area (Å²) in [6.45, 7) is 10.0. The molecule has 0 fully saturated rings. The molecule has 2 rings (SSSR count). The largest absolute Gasteiger partial charge is 0.438 e. The molecule has 0 saturated heterocycles. The number of ether oxygens (including phenoxy) is 1. The van der Waals surface area contributed by atoms with Crippen LogP contribution in [0.15, 0.2) is 18.2 Å². The van der Waals surface area contributed by atoms with Crippen molar-refractivity contribution in [2.75, 3.05) is 5.43 Å². The number of hydrogen-bond acceptors (Lipinski definition) is 5. The molecule has 3 N–H and O–H groups in total. The fourth-order valence-electron chi connectivity index (χ4n) is 1.93. The molecule has 0 aliphatic rings. The highest BCUT2D eigenvalue weighted by Gasteiger charge is 2.15. The molecule has 1 aromatic heterocycles. The van der Waals surface area contributed by atoms with Crippen LogP contribution in [0.3, 0.4) is 0 Å². The Morgan fingerprint density at radius 3 is 2.48 bits per heavy atom. The predicted octanol–water partition coefficient (Wildman–Crippen LogP) is 3.60. The zero-order valence-electron chi connectivity index (χ0n) is 13.2. The van der Waals surface area contributed by atoms with Gasteiger partial charge in [0.1, 0.15) is 11.6 Å². The second-order valence-corrected chi connectivity index (χ2v) is 5.53. The first kappa shape index (κ1) is 15.3. The normalized spacial score (nSPS) is 10.8. The van der Waals surface area contributed by atoms with Crippen molar-refractivity contribution in [3.63, 3.8) is 0 Å². The van der Waals surface area contributed by atoms with Gasteiger partial charge in [-0.1, -0.05) is 26.0 Å². The molecule has 1 aromatic carbocycles. The third-order valence-corrected chi connectivity index (χ3v) is 3.32. The van der Waals surface area contributed by atoms with Crippen molar-refractivity contribution >= 4 is 5.82 Å². The second kappa shape index (κ2) is 6.10. The minimum absolute atomic E-state index is 0.193. The Kier molecular flexibility index (Phi) is 4.43. The molecule has 0 amide bonds. The number of nitrogens with two attached hydrogens (primary N) is 1. The van der Waals surface area contributed by atoms with Gasteiger partial charge in [-0.3, -0.25) is 0 Å². The van der Waals surface area contributed by atoms with Gasteiger partial charge in [-0.25, -0.2) is 10.8 Å². The van der Waals surface area contributed by atoms with Gasteiger partial charge in [-0.05, 0) is 38.0 Å². The Labute approximate surface area is 125 Å². The number of aryl methyl sites for hydroxylation is 2. The van der Waals surface area contributed by atoms with Crippen LogP contribution >= 0.6 is 0 Å². The molecular weight excluding hydrogens is 264 g/mol. The van der Waals surface area contributed by atoms with Gasteiger partial charge in [-0.2, -0.15) is 4.98 Å². The first-order valence-corrected chi connectivity index (χ1v) is 7.02. The van der Waals surface area contributed by atoms with E-state index in [1.807, 2.05) is 46.8 Å². The van der Waals surface area contributed by atoms with E-state index in [9.17, 15) is 0 Å². The molecule has 112 valence electrons. The number of benzene rings is 1. The molecule has 1 heterocycles. The van der Waals surface area contributed by atoms with E-state index < -0.39 is 0 Å². The Bertz CT molecular complexity index is 653. The average Bonchev–Trinajstić information content (AvgIpc) is 2.44. The first-order valence-electron chi connectivity index (χ1n) is 7.02. The molecule has 0 atom stereocenters. The van der Waals surface area contributed by atoms with E-state index >= 15 is 0 Å². The number of nitrogen functional groups attached to an aromatic ring is 1. The van der Waals surface area contributed by atoms with Gasteiger partial charge in [0, 0.05) is 5.92 Å². The van der Waals surface area contributed by atoms with Gasteiger partial charge in [0.2, 0.25) is 5.88 Å². The molecule has 2 aromatic rings. The van der Waals surface area contributed by atoms with Gasteiger partial charge in [0.25, 0.3) is 0 Å². The SMILES string of the molecule is Cc1ccc(C)c(Oc2nc(C(C)C)nc(NN)c2C)c1. The summed E-state index contributed by atoms with van der Waals surface area (Å²) >= 11 is 0. The van der Waals surface area contributed by atoms with Crippen LogP contribution in [0.4, 0.5) is 5.82 Å². The van der Waals surface area contributed by atoms with Gasteiger partial charge in [-0.15, -0.1) is 0 Å². The molecular formula is C16H22N4O. The molecule has 5 nitrogen and oxygen atoms in total. The quantitative estimate of drug-likeness (QED) is 0.663. The van der Waals surface area contributed by atoms with Gasteiger partial charge < -0.3 is 10.2 Å². The maximum atomic E-state index is 6.01. The number of anilines is 1. The van der Waals surface area contributed by atoms with Gasteiger partial charge in [0.15, 0.2) is 5.82 Å². The topological polar surface area (TPSA) is 73.1 Å². The summed E-state index contributed by atoms with van der Waals surface area (Å²) in [7, 11) is 0. The number of nitrogens with zero attached hydrogens (tertiary/aromatic N) is 2. The third-order valence-electron chi connectivity index (χ3n) is 3.32. The minimum Gasteiger partial charge on any atom is -0.438 e. The van der Waals surface area contributed by atoms with Crippen LogP contribution < -0.4 is 16.0 Å². The van der Waals surface area contributed by atoms with Crippen molar-refractivity contribution < 1.29 is 4.74 Å². The summed E-state index contributed by atoms with van der Waals surface area (Å²) < 4.78 is 6.01. The van der Waals surface area contributed by atoms with Crippen molar-refractivity contribution in [2.24, 2.45) is 5.84 Å². The molecule has 0 radical (unpaired) electrons. The minimum atomic E-state index is 0.193. The van der Waals surface area contributed by atoms with Gasteiger partial charge >= 0.3 is 0 Å². The number of rotatable bonds is 4. The monoisotopic (exact) mass is 286 g/mol. The summed E-state index contributed by atoms with van der Waals surface area (Å²) in [4.78, 5) is 8.92. The Hall–Kier alpha value is -2.14. The third kappa shape index (κ3) is 3.31. The highest BCUT2D eigenvalue weighted by Crippen LogP contribution is 2.30. The summed E-state index contributed by atoms with van der Waals surface area (Å²) in [5, 5.41) is 0. The van der Waals surface area contributed by atoms with E-state index in [1.165, 1.54) is 0 Å². The molecule has 0 bridgehead atoms. The average molecular weight is 286 g/mol. The van der Waals surface area contributed by atoms with E-state index in [0.29, 0.717) is 17.5 Å². The zero-order valence-corrected chi connectivity index (χ0v) is 13.2. The van der Waals surface area contributed by atoms with Crippen molar-refractivity contribution in [2.45, 2.75) is 40.5 Å². The maximum Gasteiger partial charge on any atom is 0.227 e. The van der Waals surface area contributed by atoms with Gasteiger partial charge in [0.05, 0.1) is 5.56 Å². The predicted molar refractivity (Wildman–Crippen MR) is 84.7 cm³/mol. The van der Waals surface area contributed by atoms with Crippen LogP contribution in [0, 0.1) is 20.8 Å². The number of hydrazine groups is 1. The van der Waals surface area contributed by atoms with E-state index in [0.717, 1.165) is 22.4 Å². The molecule has 0 saturated carbocycles. The van der Waals surface area contributed by atoms with Crippen molar-refractivity contribution in [3.05, 3.63) is 40.7 Å². The van der Waals surface area contributed by atoms with Crippen molar-refractivity contribution in [1.82, 2.24) is 9.97 Å². The van der Waals surface area contributed by atoms with E-state index in [-0.39, 0.29) is 5.92 Å². The molecule has 0 aliphatic heterocycles. The van der Waals surface area contributed by atoms with Crippen LogP contribution in [-0.2, 0) is 0 Å². The Morgan fingerprint density at radius 2 is 1.86 bits per heavy atom. The number of aromatic nitrogens is 2. The fourth-order valence-corrected chi connectivity index (χ4v) is 1.93. The summed E-state index contributed by atoms with van der Waals surface area (Å²) in [5.41, 5.74) is 5.61. The van der Waals surface area contributed by atoms with Crippen LogP contribution in [0.25, 0.3) is 0 Å². The summed E-state index contributed by atoms with van der Waals surface area (Å²) in [5.74, 6) is 8.37. The first-order chi connectivity index (χ1) is 9.92. The van der Waals surface area contributed by atoms with Crippen molar-refractivity contribution in [3.8, 4) is 11.6 Å². The zero-order chi connectivity index (χ0) is 15.6. The molecule has 5 heteroatoms. The van der Waals surface area contributed by atoms with Crippen LogP contribution in [0.1, 0.15) is 42.3 Å². The summed E-state index contributed by atoms with van der Waals surface area (Å²) in [6, 6.07) is 6.09. The van der Waals surface area contributed by atoms with Crippen molar-refractivity contribution in [1.29, 1.82) is 0 Å². The number of hydrogen-bond donors (Lipinski definition) is 2. The Balaban J connectivity index is 2.47. The highest BCUT2D eigenvalue weighted by atomic mass is 16.5. The fraction of sp³-hybridized carbons (Fsp3) is 0.375. The van der Waals surface area contributed by atoms with E-state index in [1.54, 1.807) is 0 Å². The summed E-state index contributed by atoms with van der Waals surface area (Å²) in [6.07, 6.45) is 0. The van der Waals surface area contributed by atoms with Crippen LogP contribution in [0.5, 0.6) is 11.6 Å². The lowest BCUT2D eigenvalue weighted by Gasteiger charge is -2.15. The second-order valence-electron chi connectivity index (χ2n) is 5.53. The lowest BCUT2D eigenvalue weighted by atomic mass is 10.1. The molecule has 0 unspecified atom stereocenters. The maximum absolute atomic E-state index is 6.01. The molecule has 0 spiro atoms. The highest BCUT2D eigenvalue weighted by molar-refractivity contribution is 5.50. The lowest BCUT2D eigenvalue weighted by molar-refractivity contribution is 0.449. The van der Waals surface area contributed by atoms with E-state index in [4.69, 9.17) is 10.6 Å². The van der Waals surface area contributed by atoms with E-state index in [2.05, 4.69) is 21.5 Å². The van der Waals surface area contributed by atoms with Crippen LogP contribution in [0.2, 0.25) is 0 Å². The number of nitrogens with one attached hydrogen (secondary N) is 1. The smallest absolute Gasteiger partial charge is 0.227 e. The standard InChI is InChI=1S/C16H22N4O/c1-9(2)14-18-15(20-17)12(5)16(19-14)21-13-8-10(3)6-7-11(13)4/h6-9H,17H2,1-5H3,(H,18,19,20).